The Hall–Kier alpha value is -2.09. The van der Waals surface area contributed by atoms with Crippen LogP contribution in [0.15, 0.2) is 18.2 Å². The molecule has 1 aromatic carbocycles. The minimum Gasteiger partial charge on any atom is -0.342 e. The number of amides is 2. The van der Waals surface area contributed by atoms with Gasteiger partial charge in [-0.2, -0.15) is 0 Å². The number of benzene rings is 1. The molecule has 1 heterocycles. The molecule has 0 spiro atoms. The summed E-state index contributed by atoms with van der Waals surface area (Å²) in [5, 5.41) is 0. The lowest BCUT2D eigenvalue weighted by atomic mass is 10.1. The maximum atomic E-state index is 12.6. The van der Waals surface area contributed by atoms with Crippen LogP contribution >= 0.6 is 0 Å². The number of nitrogens with zero attached hydrogens (tertiary/aromatic N) is 3. The van der Waals surface area contributed by atoms with E-state index in [9.17, 15) is 18.0 Å². The lowest BCUT2D eigenvalue weighted by molar-refractivity contribution is -0.133. The molecule has 2 amide bonds. The SMILES string of the molecule is CCc1cccc(C)c1N(CC(=O)N1CCN(C=O)CC1)S(C)(=O)=O. The molecule has 0 saturated carbocycles. The fourth-order valence-electron chi connectivity index (χ4n) is 3.02. The van der Waals surface area contributed by atoms with Crippen LogP contribution in [-0.2, 0) is 26.0 Å². The van der Waals surface area contributed by atoms with Crippen LogP contribution < -0.4 is 4.31 Å². The average Bonchev–Trinajstić information content (AvgIpc) is 2.58. The number of hydrogen-bond donors (Lipinski definition) is 0. The molecule has 0 bridgehead atoms. The van der Waals surface area contributed by atoms with Crippen molar-refractivity contribution >= 4 is 28.0 Å². The van der Waals surface area contributed by atoms with Crippen molar-refractivity contribution in [1.82, 2.24) is 9.80 Å². The van der Waals surface area contributed by atoms with Gasteiger partial charge in [0.05, 0.1) is 11.9 Å². The molecule has 1 fully saturated rings. The third-order valence-corrected chi connectivity index (χ3v) is 5.56. The van der Waals surface area contributed by atoms with Crippen molar-refractivity contribution in [3.8, 4) is 0 Å². The van der Waals surface area contributed by atoms with Gasteiger partial charge in [-0.05, 0) is 24.5 Å². The molecule has 1 aliphatic rings. The topological polar surface area (TPSA) is 78.0 Å². The van der Waals surface area contributed by atoms with Gasteiger partial charge in [0.2, 0.25) is 22.3 Å². The van der Waals surface area contributed by atoms with Gasteiger partial charge in [0, 0.05) is 26.2 Å². The zero-order chi connectivity index (χ0) is 18.6. The Bertz CT molecular complexity index is 740. The average molecular weight is 367 g/mol. The van der Waals surface area contributed by atoms with E-state index in [0.29, 0.717) is 38.3 Å². The highest BCUT2D eigenvalue weighted by Gasteiger charge is 2.28. The molecule has 7 nitrogen and oxygen atoms in total. The van der Waals surface area contributed by atoms with E-state index in [4.69, 9.17) is 0 Å². The Kier molecular flexibility index (Phi) is 6.05. The second-order valence-corrected chi connectivity index (χ2v) is 8.13. The number of rotatable bonds is 6. The molecule has 138 valence electrons. The quantitative estimate of drug-likeness (QED) is 0.691. The van der Waals surface area contributed by atoms with Crippen molar-refractivity contribution in [2.24, 2.45) is 0 Å². The smallest absolute Gasteiger partial charge is 0.243 e. The van der Waals surface area contributed by atoms with Gasteiger partial charge in [-0.1, -0.05) is 25.1 Å². The van der Waals surface area contributed by atoms with Crippen LogP contribution in [0.4, 0.5) is 5.69 Å². The van der Waals surface area contributed by atoms with E-state index in [1.807, 2.05) is 32.0 Å². The summed E-state index contributed by atoms with van der Waals surface area (Å²) in [7, 11) is -3.60. The minimum absolute atomic E-state index is 0.224. The Morgan fingerprint density at radius 2 is 1.88 bits per heavy atom. The van der Waals surface area contributed by atoms with Crippen molar-refractivity contribution in [1.29, 1.82) is 0 Å². The van der Waals surface area contributed by atoms with Crippen molar-refractivity contribution < 1.29 is 18.0 Å². The Morgan fingerprint density at radius 3 is 2.40 bits per heavy atom. The van der Waals surface area contributed by atoms with Gasteiger partial charge in [-0.3, -0.25) is 13.9 Å². The molecule has 1 aliphatic heterocycles. The molecule has 25 heavy (non-hydrogen) atoms. The summed E-state index contributed by atoms with van der Waals surface area (Å²) >= 11 is 0. The number of aryl methyl sites for hydroxylation is 2. The van der Waals surface area contributed by atoms with E-state index in [1.54, 1.807) is 9.80 Å². The molecule has 1 saturated heterocycles. The molecule has 0 aromatic heterocycles. The van der Waals surface area contributed by atoms with E-state index in [2.05, 4.69) is 0 Å². The first-order valence-corrected chi connectivity index (χ1v) is 10.2. The van der Waals surface area contributed by atoms with E-state index in [1.165, 1.54) is 4.31 Å². The maximum Gasteiger partial charge on any atom is 0.243 e. The van der Waals surface area contributed by atoms with Gasteiger partial charge in [-0.15, -0.1) is 0 Å². The lowest BCUT2D eigenvalue weighted by Gasteiger charge is -2.34. The van der Waals surface area contributed by atoms with Crippen LogP contribution in [0.2, 0.25) is 0 Å². The predicted octanol–water partition coefficient (Wildman–Crippen LogP) is 0.624. The van der Waals surface area contributed by atoms with Crippen LogP contribution in [0.3, 0.4) is 0 Å². The zero-order valence-electron chi connectivity index (χ0n) is 14.9. The van der Waals surface area contributed by atoms with Crippen LogP contribution in [0, 0.1) is 6.92 Å². The maximum absolute atomic E-state index is 12.6. The number of piperazine rings is 1. The first-order chi connectivity index (χ1) is 11.8. The second-order valence-electron chi connectivity index (χ2n) is 6.23. The van der Waals surface area contributed by atoms with E-state index in [-0.39, 0.29) is 12.5 Å². The monoisotopic (exact) mass is 367 g/mol. The van der Waals surface area contributed by atoms with Gasteiger partial charge in [0.25, 0.3) is 0 Å². The first-order valence-electron chi connectivity index (χ1n) is 8.31. The Morgan fingerprint density at radius 1 is 1.24 bits per heavy atom. The standard InChI is InChI=1S/C17H25N3O4S/c1-4-15-7-5-6-14(2)17(15)20(25(3,23)24)12-16(22)19-10-8-18(13-21)9-11-19/h5-7,13H,4,8-12H2,1-3H3. The van der Waals surface area contributed by atoms with Crippen molar-refractivity contribution in [3.63, 3.8) is 0 Å². The van der Waals surface area contributed by atoms with Crippen LogP contribution in [0.25, 0.3) is 0 Å². The number of hydrogen-bond acceptors (Lipinski definition) is 4. The predicted molar refractivity (Wildman–Crippen MR) is 97.0 cm³/mol. The van der Waals surface area contributed by atoms with Crippen LogP contribution in [0.1, 0.15) is 18.1 Å². The van der Waals surface area contributed by atoms with Gasteiger partial charge < -0.3 is 9.80 Å². The second kappa shape index (κ2) is 7.86. The first kappa shape index (κ1) is 19.2. The largest absolute Gasteiger partial charge is 0.342 e. The molecule has 0 radical (unpaired) electrons. The molecule has 8 heteroatoms. The van der Waals surface area contributed by atoms with Crippen LogP contribution in [0.5, 0.6) is 0 Å². The summed E-state index contributed by atoms with van der Waals surface area (Å²) in [5.41, 5.74) is 2.31. The number of carbonyl (C=O) groups is 2. The summed E-state index contributed by atoms with van der Waals surface area (Å²) in [5.74, 6) is -0.249. The number of carbonyl (C=O) groups excluding carboxylic acids is 2. The highest BCUT2D eigenvalue weighted by Crippen LogP contribution is 2.28. The molecule has 0 aliphatic carbocycles. The highest BCUT2D eigenvalue weighted by molar-refractivity contribution is 7.92. The van der Waals surface area contributed by atoms with Crippen molar-refractivity contribution in [2.75, 3.05) is 43.3 Å². The van der Waals surface area contributed by atoms with Crippen LogP contribution in [-0.4, -0.2) is 69.5 Å². The minimum atomic E-state index is -3.60. The Balaban J connectivity index is 2.26. The summed E-state index contributed by atoms with van der Waals surface area (Å²) in [6.45, 7) is 5.36. The summed E-state index contributed by atoms with van der Waals surface area (Å²) in [6.07, 6.45) is 2.57. The van der Waals surface area contributed by atoms with Crippen molar-refractivity contribution in [2.45, 2.75) is 20.3 Å². The van der Waals surface area contributed by atoms with E-state index < -0.39 is 10.0 Å². The third kappa shape index (κ3) is 4.50. The number of sulfonamides is 1. The fraction of sp³-hybridized carbons (Fsp3) is 0.529. The zero-order valence-corrected chi connectivity index (χ0v) is 15.8. The lowest BCUT2D eigenvalue weighted by Crippen LogP contribution is -2.51. The molecular weight excluding hydrogens is 342 g/mol. The number of anilines is 1. The fourth-order valence-corrected chi connectivity index (χ4v) is 3.96. The summed E-state index contributed by atoms with van der Waals surface area (Å²) < 4.78 is 25.9. The third-order valence-electron chi connectivity index (χ3n) is 4.45. The van der Waals surface area contributed by atoms with Gasteiger partial charge >= 0.3 is 0 Å². The molecular formula is C17H25N3O4S. The van der Waals surface area contributed by atoms with E-state index >= 15 is 0 Å². The molecule has 0 atom stereocenters. The molecule has 0 unspecified atom stereocenters. The summed E-state index contributed by atoms with van der Waals surface area (Å²) in [6, 6.07) is 5.62. The van der Waals surface area contributed by atoms with Crippen molar-refractivity contribution in [3.05, 3.63) is 29.3 Å². The van der Waals surface area contributed by atoms with E-state index in [0.717, 1.165) is 23.8 Å². The highest BCUT2D eigenvalue weighted by atomic mass is 32.2. The molecule has 0 N–H and O–H groups in total. The molecule has 2 rings (SSSR count). The van der Waals surface area contributed by atoms with Gasteiger partial charge in [-0.25, -0.2) is 8.42 Å². The Labute approximate surface area is 149 Å². The van der Waals surface area contributed by atoms with Gasteiger partial charge in [0.1, 0.15) is 6.54 Å². The van der Waals surface area contributed by atoms with Gasteiger partial charge in [0.15, 0.2) is 0 Å². The molecule has 1 aromatic rings. The summed E-state index contributed by atoms with van der Waals surface area (Å²) in [4.78, 5) is 26.6. The normalized spacial score (nSPS) is 15.2. The number of para-hydroxylation sites is 1.